The van der Waals surface area contributed by atoms with Gasteiger partial charge in [-0.25, -0.2) is 4.79 Å². The average molecular weight is 306 g/mol. The second-order valence-corrected chi connectivity index (χ2v) is 6.33. The highest BCUT2D eigenvalue weighted by molar-refractivity contribution is 5.74. The number of fused-ring (bicyclic) bond motifs is 1. The lowest BCUT2D eigenvalue weighted by molar-refractivity contribution is -0.0136. The van der Waals surface area contributed by atoms with Gasteiger partial charge in [-0.2, -0.15) is 5.10 Å². The lowest BCUT2D eigenvalue weighted by Gasteiger charge is -2.37. The molecule has 22 heavy (non-hydrogen) atoms. The number of likely N-dealkylation sites (tertiary alicyclic amines) is 1. The molecule has 0 aliphatic carbocycles. The number of aromatic nitrogens is 2. The van der Waals surface area contributed by atoms with Crippen LogP contribution in [0.1, 0.15) is 44.8 Å². The molecule has 0 spiro atoms. The maximum absolute atomic E-state index is 12.6. The molecule has 3 heterocycles. The Morgan fingerprint density at radius 1 is 1.45 bits per heavy atom. The molecule has 2 aliphatic heterocycles. The Balaban J connectivity index is 1.58. The maximum atomic E-state index is 12.6. The summed E-state index contributed by atoms with van der Waals surface area (Å²) in [6, 6.07) is 2.14. The second kappa shape index (κ2) is 6.69. The number of amides is 2. The molecule has 3 atom stereocenters. The molecule has 0 radical (unpaired) electrons. The van der Waals surface area contributed by atoms with Crippen molar-refractivity contribution in [3.8, 4) is 0 Å². The van der Waals surface area contributed by atoms with Crippen LogP contribution in [0.3, 0.4) is 0 Å². The van der Waals surface area contributed by atoms with Gasteiger partial charge in [0.1, 0.15) is 0 Å². The molecule has 3 unspecified atom stereocenters. The number of aryl methyl sites for hydroxylation is 1. The van der Waals surface area contributed by atoms with Crippen molar-refractivity contribution >= 4 is 6.03 Å². The average Bonchev–Trinajstić information content (AvgIpc) is 2.99. The number of hydrogen-bond acceptors (Lipinski definition) is 3. The summed E-state index contributed by atoms with van der Waals surface area (Å²) in [6.07, 6.45) is 5.07. The number of rotatable bonds is 3. The topological polar surface area (TPSA) is 59.4 Å². The fraction of sp³-hybridized carbons (Fsp3) is 0.750. The van der Waals surface area contributed by atoms with Crippen molar-refractivity contribution in [2.45, 2.75) is 51.8 Å². The van der Waals surface area contributed by atoms with Crippen LogP contribution in [-0.2, 0) is 11.3 Å². The van der Waals surface area contributed by atoms with Crippen LogP contribution in [0.4, 0.5) is 4.79 Å². The first kappa shape index (κ1) is 15.3. The lowest BCUT2D eigenvalue weighted by Crippen LogP contribution is -2.50. The van der Waals surface area contributed by atoms with Crippen LogP contribution in [0.15, 0.2) is 12.3 Å². The molecule has 1 N–H and O–H groups in total. The summed E-state index contributed by atoms with van der Waals surface area (Å²) in [5.74, 6) is 0.385. The quantitative estimate of drug-likeness (QED) is 0.931. The van der Waals surface area contributed by atoms with Crippen molar-refractivity contribution < 1.29 is 9.53 Å². The van der Waals surface area contributed by atoms with Gasteiger partial charge in [0, 0.05) is 38.4 Å². The first-order valence-electron chi connectivity index (χ1n) is 8.37. The van der Waals surface area contributed by atoms with Gasteiger partial charge in [-0.05, 0) is 32.3 Å². The van der Waals surface area contributed by atoms with E-state index in [1.165, 1.54) is 0 Å². The smallest absolute Gasteiger partial charge is 0.317 e. The maximum Gasteiger partial charge on any atom is 0.317 e. The molecule has 6 heteroatoms. The van der Waals surface area contributed by atoms with Gasteiger partial charge in [-0.15, -0.1) is 0 Å². The van der Waals surface area contributed by atoms with Crippen LogP contribution in [0, 0.1) is 5.92 Å². The lowest BCUT2D eigenvalue weighted by atomic mass is 9.96. The van der Waals surface area contributed by atoms with E-state index in [9.17, 15) is 4.79 Å². The number of hydrogen-bond donors (Lipinski definition) is 1. The minimum Gasteiger partial charge on any atom is -0.378 e. The summed E-state index contributed by atoms with van der Waals surface area (Å²) in [7, 11) is 0. The highest BCUT2D eigenvalue weighted by Gasteiger charge is 2.31. The highest BCUT2D eigenvalue weighted by atomic mass is 16.5. The van der Waals surface area contributed by atoms with Gasteiger partial charge < -0.3 is 15.0 Å². The number of carbonyl (C=O) groups is 1. The molecule has 0 saturated carbocycles. The Kier molecular flexibility index (Phi) is 4.66. The first-order chi connectivity index (χ1) is 10.7. The van der Waals surface area contributed by atoms with Crippen molar-refractivity contribution in [1.29, 1.82) is 0 Å². The van der Waals surface area contributed by atoms with Crippen LogP contribution in [0.5, 0.6) is 0 Å². The van der Waals surface area contributed by atoms with Crippen LogP contribution in [0.25, 0.3) is 0 Å². The highest BCUT2D eigenvalue weighted by Crippen LogP contribution is 2.25. The zero-order chi connectivity index (χ0) is 15.5. The number of nitrogens with zero attached hydrogens (tertiary/aromatic N) is 3. The molecule has 1 saturated heterocycles. The standard InChI is InChI=1S/C16H26N4O2/c1-3-22-15-7-10-19(11-12(15)2)16(21)18-13-5-4-9-20-14(13)6-8-17-20/h6,8,12-13,15H,3-5,7,9-11H2,1-2H3,(H,18,21). The van der Waals surface area contributed by atoms with E-state index in [1.807, 2.05) is 28.8 Å². The Morgan fingerprint density at radius 2 is 2.32 bits per heavy atom. The van der Waals surface area contributed by atoms with E-state index in [2.05, 4.69) is 17.3 Å². The number of piperidine rings is 1. The summed E-state index contributed by atoms with van der Waals surface area (Å²) < 4.78 is 7.74. The van der Waals surface area contributed by atoms with Crippen molar-refractivity contribution in [2.24, 2.45) is 5.92 Å². The van der Waals surface area contributed by atoms with Crippen LogP contribution < -0.4 is 5.32 Å². The third-order valence-corrected chi connectivity index (χ3v) is 4.76. The molecular formula is C16H26N4O2. The number of nitrogens with one attached hydrogen (secondary N) is 1. The van der Waals surface area contributed by atoms with Crippen LogP contribution in [-0.4, -0.2) is 46.5 Å². The largest absolute Gasteiger partial charge is 0.378 e. The first-order valence-corrected chi connectivity index (χ1v) is 8.37. The minimum absolute atomic E-state index is 0.0430. The minimum atomic E-state index is 0.0430. The third-order valence-electron chi connectivity index (χ3n) is 4.76. The normalized spacial score (nSPS) is 28.3. The van der Waals surface area contributed by atoms with E-state index >= 15 is 0 Å². The van der Waals surface area contributed by atoms with Crippen molar-refractivity contribution in [1.82, 2.24) is 20.0 Å². The number of urea groups is 1. The molecule has 1 aromatic heterocycles. The Hall–Kier alpha value is -1.56. The fourth-order valence-corrected chi connectivity index (χ4v) is 3.58. The Labute approximate surface area is 131 Å². The van der Waals surface area contributed by atoms with E-state index in [-0.39, 0.29) is 18.2 Å². The van der Waals surface area contributed by atoms with Gasteiger partial charge >= 0.3 is 6.03 Å². The van der Waals surface area contributed by atoms with E-state index < -0.39 is 0 Å². The predicted molar refractivity (Wildman–Crippen MR) is 83.5 cm³/mol. The predicted octanol–water partition coefficient (Wildman–Crippen LogP) is 2.17. The van der Waals surface area contributed by atoms with Crippen molar-refractivity contribution in [3.05, 3.63) is 18.0 Å². The molecule has 2 aliphatic rings. The van der Waals surface area contributed by atoms with Crippen LogP contribution in [0.2, 0.25) is 0 Å². The molecule has 6 nitrogen and oxygen atoms in total. The fourth-order valence-electron chi connectivity index (χ4n) is 3.58. The summed E-state index contributed by atoms with van der Waals surface area (Å²) in [5, 5.41) is 7.49. The summed E-state index contributed by atoms with van der Waals surface area (Å²) in [5.41, 5.74) is 1.12. The SMILES string of the molecule is CCOC1CCN(C(=O)NC2CCCn3nccc32)CC1C. The molecule has 2 amide bonds. The summed E-state index contributed by atoms with van der Waals surface area (Å²) in [4.78, 5) is 14.5. The van der Waals surface area contributed by atoms with Gasteiger partial charge in [-0.1, -0.05) is 6.92 Å². The van der Waals surface area contributed by atoms with Gasteiger partial charge in [0.05, 0.1) is 17.8 Å². The number of carbonyl (C=O) groups excluding carboxylic acids is 1. The number of ether oxygens (including phenoxy) is 1. The zero-order valence-corrected chi connectivity index (χ0v) is 13.5. The van der Waals surface area contributed by atoms with E-state index in [0.717, 1.165) is 51.2 Å². The molecule has 1 aromatic rings. The van der Waals surface area contributed by atoms with E-state index in [0.29, 0.717) is 5.92 Å². The van der Waals surface area contributed by atoms with Gasteiger partial charge in [0.25, 0.3) is 0 Å². The van der Waals surface area contributed by atoms with Gasteiger partial charge in [-0.3, -0.25) is 4.68 Å². The van der Waals surface area contributed by atoms with Crippen LogP contribution >= 0.6 is 0 Å². The zero-order valence-electron chi connectivity index (χ0n) is 13.5. The Bertz CT molecular complexity index is 516. The van der Waals surface area contributed by atoms with E-state index in [1.54, 1.807) is 0 Å². The molecular weight excluding hydrogens is 280 g/mol. The molecule has 3 rings (SSSR count). The Morgan fingerprint density at radius 3 is 3.09 bits per heavy atom. The monoisotopic (exact) mass is 306 g/mol. The summed E-state index contributed by atoms with van der Waals surface area (Å²) in [6.45, 7) is 7.42. The molecule has 1 fully saturated rings. The third kappa shape index (κ3) is 3.11. The van der Waals surface area contributed by atoms with Gasteiger partial charge in [0.15, 0.2) is 0 Å². The molecule has 0 aromatic carbocycles. The van der Waals surface area contributed by atoms with Crippen molar-refractivity contribution in [2.75, 3.05) is 19.7 Å². The van der Waals surface area contributed by atoms with Gasteiger partial charge in [0.2, 0.25) is 0 Å². The molecule has 122 valence electrons. The second-order valence-electron chi connectivity index (χ2n) is 6.33. The van der Waals surface area contributed by atoms with Crippen molar-refractivity contribution in [3.63, 3.8) is 0 Å². The molecule has 0 bridgehead atoms. The van der Waals surface area contributed by atoms with E-state index in [4.69, 9.17) is 4.74 Å². The summed E-state index contributed by atoms with van der Waals surface area (Å²) >= 11 is 0.